The summed E-state index contributed by atoms with van der Waals surface area (Å²) in [5.74, 6) is -2.47. The molecule has 3 aromatic carbocycles. The Kier molecular flexibility index (Phi) is 10.3. The van der Waals surface area contributed by atoms with Crippen LogP contribution in [0.1, 0.15) is 56.2 Å². The Hall–Kier alpha value is -4.03. The van der Waals surface area contributed by atoms with Crippen molar-refractivity contribution < 1.29 is 27.5 Å². The van der Waals surface area contributed by atoms with E-state index in [-0.39, 0.29) is 35.2 Å². The van der Waals surface area contributed by atoms with Gasteiger partial charge in [0.1, 0.15) is 11.5 Å². The number of carbonyl (C=O) groups is 1. The molecule has 2 fully saturated rings. The summed E-state index contributed by atoms with van der Waals surface area (Å²) in [6.07, 6.45) is 2.39. The highest BCUT2D eigenvalue weighted by Crippen LogP contribution is 2.39. The third kappa shape index (κ3) is 7.03. The van der Waals surface area contributed by atoms with Gasteiger partial charge in [0, 0.05) is 31.7 Å². The first-order valence-corrected chi connectivity index (χ1v) is 18.8. The van der Waals surface area contributed by atoms with E-state index in [2.05, 4.69) is 55.0 Å². The molecule has 0 amide bonds. The summed E-state index contributed by atoms with van der Waals surface area (Å²) >= 11 is 0. The van der Waals surface area contributed by atoms with Gasteiger partial charge in [-0.05, 0) is 35.3 Å². The number of hydrogen-bond acceptors (Lipinski definition) is 8. The third-order valence-corrected chi connectivity index (χ3v) is 14.3. The third-order valence-electron chi connectivity index (χ3n) is 9.31. The van der Waals surface area contributed by atoms with Crippen molar-refractivity contribution >= 4 is 36.0 Å². The van der Waals surface area contributed by atoms with Gasteiger partial charge in [0.2, 0.25) is 5.78 Å². The number of morpholine rings is 2. The highest BCUT2D eigenvalue weighted by atomic mass is 28.4. The maximum Gasteiger partial charge on any atom is 0.261 e. The second-order valence-electron chi connectivity index (χ2n) is 13.9. The Labute approximate surface area is 288 Å². The number of ketones is 1. The summed E-state index contributed by atoms with van der Waals surface area (Å²) in [5, 5.41) is 1.75. The summed E-state index contributed by atoms with van der Waals surface area (Å²) in [6.45, 7) is 13.4. The molecular formula is C38H44F2N4O4Si. The van der Waals surface area contributed by atoms with Crippen molar-refractivity contribution in [2.75, 3.05) is 49.2 Å². The number of ether oxygens (including phenoxy) is 2. The van der Waals surface area contributed by atoms with Crippen LogP contribution in [0.25, 0.3) is 0 Å². The summed E-state index contributed by atoms with van der Waals surface area (Å²) in [4.78, 5) is 26.4. The van der Waals surface area contributed by atoms with E-state index in [0.29, 0.717) is 50.8 Å². The molecule has 2 saturated heterocycles. The van der Waals surface area contributed by atoms with Crippen LogP contribution in [0, 0.1) is 11.6 Å². The van der Waals surface area contributed by atoms with Crippen LogP contribution < -0.4 is 20.2 Å². The SMILES string of the molecule is C[C@@H]1CN(c2c(CO[Si](c3ccccc3)(c3ccccc3)C(C)(C)C)cc(C(=O)c3cnc(N4CCOCC4)cn3)c(F)c2F)C[C@@H](C)O1. The number of anilines is 2. The molecule has 0 bridgehead atoms. The van der Waals surface area contributed by atoms with Gasteiger partial charge in [-0.2, -0.15) is 0 Å². The number of nitrogens with zero attached hydrogens (tertiary/aromatic N) is 4. The highest BCUT2D eigenvalue weighted by molar-refractivity contribution is 6.99. The molecule has 1 aromatic heterocycles. The largest absolute Gasteiger partial charge is 0.403 e. The van der Waals surface area contributed by atoms with Gasteiger partial charge in [-0.1, -0.05) is 81.4 Å². The Morgan fingerprint density at radius 1 is 0.878 bits per heavy atom. The van der Waals surface area contributed by atoms with Crippen LogP contribution in [0.2, 0.25) is 5.04 Å². The number of hydrogen-bond donors (Lipinski definition) is 0. The molecule has 0 radical (unpaired) electrons. The van der Waals surface area contributed by atoms with Crippen molar-refractivity contribution in [3.63, 3.8) is 0 Å². The maximum atomic E-state index is 16.5. The van der Waals surface area contributed by atoms with Crippen LogP contribution in [0.15, 0.2) is 79.1 Å². The number of carbonyl (C=O) groups excluding carboxylic acids is 1. The molecule has 4 aromatic rings. The van der Waals surface area contributed by atoms with Gasteiger partial charge in [0.15, 0.2) is 11.6 Å². The average molecular weight is 687 g/mol. The van der Waals surface area contributed by atoms with Crippen molar-refractivity contribution in [3.05, 3.63) is 108 Å². The van der Waals surface area contributed by atoms with E-state index in [1.165, 1.54) is 18.5 Å². The Morgan fingerprint density at radius 2 is 1.47 bits per heavy atom. The molecular weight excluding hydrogens is 643 g/mol. The predicted octanol–water partition coefficient (Wildman–Crippen LogP) is 5.51. The van der Waals surface area contributed by atoms with E-state index in [1.807, 2.05) is 60.0 Å². The standard InChI is InChI=1S/C38H44F2N4O4Si/c1-26-23-44(24-27(2)48-26)36-28(25-47-49(38(3,4)5,29-12-8-6-9-13-29)30-14-10-7-11-15-30)20-31(34(39)35(36)40)37(45)32-21-42-33(22-41-32)43-16-18-46-19-17-43/h6-15,20-22,26-27H,16-19,23-25H2,1-5H3/t26-,27-/m1/s1. The minimum atomic E-state index is -3.07. The highest BCUT2D eigenvalue weighted by Gasteiger charge is 2.50. The zero-order valence-electron chi connectivity index (χ0n) is 28.8. The van der Waals surface area contributed by atoms with Gasteiger partial charge in [0.05, 0.1) is 55.7 Å². The van der Waals surface area contributed by atoms with E-state index in [4.69, 9.17) is 13.9 Å². The summed E-state index contributed by atoms with van der Waals surface area (Å²) in [5.41, 5.74) is -0.0160. The van der Waals surface area contributed by atoms with Gasteiger partial charge >= 0.3 is 0 Å². The van der Waals surface area contributed by atoms with Crippen LogP contribution in [-0.2, 0) is 20.5 Å². The lowest BCUT2D eigenvalue weighted by molar-refractivity contribution is -0.00553. The minimum absolute atomic E-state index is 0.0537. The van der Waals surface area contributed by atoms with Crippen molar-refractivity contribution in [1.82, 2.24) is 9.97 Å². The smallest absolute Gasteiger partial charge is 0.261 e. The van der Waals surface area contributed by atoms with Gasteiger partial charge in [-0.25, -0.2) is 18.7 Å². The normalized spacial score (nSPS) is 18.8. The molecule has 2 aliphatic rings. The lowest BCUT2D eigenvalue weighted by Gasteiger charge is -2.43. The molecule has 6 rings (SSSR count). The van der Waals surface area contributed by atoms with Gasteiger partial charge in [0.25, 0.3) is 8.32 Å². The molecule has 0 saturated carbocycles. The van der Waals surface area contributed by atoms with Crippen molar-refractivity contribution in [2.45, 2.75) is 58.5 Å². The predicted molar refractivity (Wildman–Crippen MR) is 189 cm³/mol. The Balaban J connectivity index is 1.44. The molecule has 0 N–H and O–H groups in total. The monoisotopic (exact) mass is 686 g/mol. The van der Waals surface area contributed by atoms with Crippen LogP contribution in [0.4, 0.5) is 20.3 Å². The molecule has 0 spiro atoms. The van der Waals surface area contributed by atoms with E-state index in [1.54, 1.807) is 0 Å². The van der Waals surface area contributed by atoms with Crippen molar-refractivity contribution in [3.8, 4) is 0 Å². The van der Waals surface area contributed by atoms with Crippen LogP contribution >= 0.6 is 0 Å². The lowest BCUT2D eigenvalue weighted by Crippen LogP contribution is -2.66. The van der Waals surface area contributed by atoms with Gasteiger partial charge < -0.3 is 23.7 Å². The number of aromatic nitrogens is 2. The molecule has 258 valence electrons. The molecule has 2 atom stereocenters. The fraction of sp³-hybridized carbons (Fsp3) is 0.395. The van der Waals surface area contributed by atoms with E-state index in [9.17, 15) is 4.79 Å². The zero-order chi connectivity index (χ0) is 34.8. The molecule has 8 nitrogen and oxygen atoms in total. The second kappa shape index (κ2) is 14.4. The quantitative estimate of drug-likeness (QED) is 0.169. The van der Waals surface area contributed by atoms with Crippen LogP contribution in [-0.4, -0.2) is 75.7 Å². The molecule has 0 aliphatic carbocycles. The second-order valence-corrected chi connectivity index (χ2v) is 18.2. The first-order chi connectivity index (χ1) is 23.5. The van der Waals surface area contributed by atoms with Gasteiger partial charge in [-0.15, -0.1) is 0 Å². The first-order valence-electron chi connectivity index (χ1n) is 16.9. The van der Waals surface area contributed by atoms with Crippen molar-refractivity contribution in [1.29, 1.82) is 0 Å². The zero-order valence-corrected chi connectivity index (χ0v) is 29.8. The number of rotatable bonds is 9. The summed E-state index contributed by atoms with van der Waals surface area (Å²) < 4.78 is 51.2. The topological polar surface area (TPSA) is 77.0 Å². The summed E-state index contributed by atoms with van der Waals surface area (Å²) in [6, 6.07) is 21.7. The first kappa shape index (κ1) is 34.8. The molecule has 2 aliphatic heterocycles. The number of halogens is 2. The molecule has 49 heavy (non-hydrogen) atoms. The van der Waals surface area contributed by atoms with E-state index in [0.717, 1.165) is 10.4 Å². The fourth-order valence-corrected chi connectivity index (χ4v) is 11.7. The lowest BCUT2D eigenvalue weighted by atomic mass is 10.0. The maximum absolute atomic E-state index is 16.5. The number of benzene rings is 3. The Morgan fingerprint density at radius 3 is 2.00 bits per heavy atom. The molecule has 0 unspecified atom stereocenters. The molecule has 11 heteroatoms. The fourth-order valence-electron chi connectivity index (χ4n) is 7.13. The minimum Gasteiger partial charge on any atom is -0.403 e. The van der Waals surface area contributed by atoms with E-state index >= 15 is 8.78 Å². The van der Waals surface area contributed by atoms with Crippen LogP contribution in [0.3, 0.4) is 0 Å². The molecule has 3 heterocycles. The van der Waals surface area contributed by atoms with Crippen LogP contribution in [0.5, 0.6) is 0 Å². The summed E-state index contributed by atoms with van der Waals surface area (Å²) in [7, 11) is -3.07. The Bertz CT molecular complexity index is 1700. The van der Waals surface area contributed by atoms with Gasteiger partial charge in [-0.3, -0.25) is 4.79 Å². The van der Waals surface area contributed by atoms with E-state index < -0.39 is 31.3 Å². The average Bonchev–Trinajstić information content (AvgIpc) is 3.10. The van der Waals surface area contributed by atoms with Crippen molar-refractivity contribution in [2.24, 2.45) is 0 Å².